The van der Waals surface area contributed by atoms with Crippen LogP contribution in [-0.2, 0) is 4.79 Å². The van der Waals surface area contributed by atoms with Crippen LogP contribution in [0.3, 0.4) is 0 Å². The van der Waals surface area contributed by atoms with Crippen LogP contribution < -0.4 is 11.5 Å². The topological polar surface area (TPSA) is 89.3 Å². The molecule has 1 atom stereocenters. The van der Waals surface area contributed by atoms with Crippen LogP contribution in [0.4, 0.5) is 0 Å². The first-order valence-electron chi connectivity index (χ1n) is 2.87. The normalized spacial score (nSPS) is 11.8. The fourth-order valence-electron chi connectivity index (χ4n) is 0.461. The molecule has 0 amide bonds. The number of aliphatic carboxylic acids is 1. The summed E-state index contributed by atoms with van der Waals surface area (Å²) >= 11 is 0. The number of nitrogens with two attached hydrogens (primary N) is 2. The average molecular weight is 172 g/mol. The van der Waals surface area contributed by atoms with Gasteiger partial charge in [0.25, 0.3) is 0 Å². The number of hydrogen-bond acceptors (Lipinski definition) is 3. The molecule has 0 rings (SSSR count). The van der Waals surface area contributed by atoms with Gasteiger partial charge < -0.3 is 16.6 Å². The predicted molar refractivity (Wildman–Crippen MR) is 41.0 cm³/mol. The van der Waals surface area contributed by atoms with Crippen LogP contribution in [0.15, 0.2) is 0 Å². The molecule has 0 spiro atoms. The first-order valence-corrected chi connectivity index (χ1v) is 2.87. The Labute approximate surface area is 103 Å². The van der Waals surface area contributed by atoms with Gasteiger partial charge in [0.1, 0.15) is 6.04 Å². The fraction of sp³-hybridized carbons (Fsp3) is 0.800. The molecule has 0 saturated carbocycles. The van der Waals surface area contributed by atoms with Crippen molar-refractivity contribution in [3.63, 3.8) is 0 Å². The van der Waals surface area contributed by atoms with Crippen molar-refractivity contribution < 1.29 is 9.90 Å². The Bertz CT molecular complexity index is 99.6. The van der Waals surface area contributed by atoms with Crippen molar-refractivity contribution in [1.29, 1.82) is 0 Å². The molecular weight excluding hydrogens is 159 g/mol. The van der Waals surface area contributed by atoms with Gasteiger partial charge >= 0.3 is 57.4 Å². The monoisotopic (exact) mass is 172 g/mol. The standard InChI is InChI=1S/C5H12N2O2.K.H/c6-3-1-2-4(7)5(8)9;;/h4H,1-3,6-7H2,(H,8,9);;. The van der Waals surface area contributed by atoms with E-state index in [9.17, 15) is 4.79 Å². The average Bonchev–Trinajstić information content (AvgIpc) is 1.82. The molecule has 0 aromatic heterocycles. The molecule has 0 aliphatic rings. The molecule has 5 N–H and O–H groups in total. The van der Waals surface area contributed by atoms with E-state index in [0.29, 0.717) is 19.4 Å². The van der Waals surface area contributed by atoms with Crippen molar-refractivity contribution in [2.24, 2.45) is 11.5 Å². The van der Waals surface area contributed by atoms with Gasteiger partial charge in [-0.05, 0) is 19.4 Å². The molecule has 0 aromatic rings. The van der Waals surface area contributed by atoms with Crippen LogP contribution >= 0.6 is 0 Å². The van der Waals surface area contributed by atoms with E-state index in [0.717, 1.165) is 0 Å². The Morgan fingerprint density at radius 2 is 2.10 bits per heavy atom. The number of carbonyl (C=O) groups is 1. The van der Waals surface area contributed by atoms with E-state index in [1.807, 2.05) is 0 Å². The van der Waals surface area contributed by atoms with Crippen molar-refractivity contribution in [2.75, 3.05) is 6.54 Å². The summed E-state index contributed by atoms with van der Waals surface area (Å²) < 4.78 is 0. The third-order valence-corrected chi connectivity index (χ3v) is 1.04. The second-order valence-electron chi connectivity index (χ2n) is 1.88. The summed E-state index contributed by atoms with van der Waals surface area (Å²) in [7, 11) is 0. The third kappa shape index (κ3) is 7.14. The van der Waals surface area contributed by atoms with Gasteiger partial charge in [0.2, 0.25) is 0 Å². The molecule has 10 heavy (non-hydrogen) atoms. The first-order chi connectivity index (χ1) is 4.18. The SMILES string of the molecule is NCCCC(N)C(=O)O.[KH]. The molecule has 0 saturated heterocycles. The van der Waals surface area contributed by atoms with E-state index < -0.39 is 12.0 Å². The van der Waals surface area contributed by atoms with Gasteiger partial charge in [-0.3, -0.25) is 4.79 Å². The van der Waals surface area contributed by atoms with Gasteiger partial charge in [-0.25, -0.2) is 0 Å². The minimum absolute atomic E-state index is 0. The van der Waals surface area contributed by atoms with Crippen LogP contribution in [0.25, 0.3) is 0 Å². The van der Waals surface area contributed by atoms with Crippen LogP contribution in [0.1, 0.15) is 12.8 Å². The second kappa shape index (κ2) is 8.13. The number of carboxylic acids is 1. The summed E-state index contributed by atoms with van der Waals surface area (Å²) in [5.41, 5.74) is 10.3. The molecule has 0 heterocycles. The Hall–Kier alpha value is 1.03. The number of rotatable bonds is 4. The third-order valence-electron chi connectivity index (χ3n) is 1.04. The molecule has 0 aliphatic heterocycles. The maximum absolute atomic E-state index is 10.0. The number of carboxylic acid groups (broad SMARTS) is 1. The molecule has 1 unspecified atom stereocenters. The zero-order valence-electron chi connectivity index (χ0n) is 5.21. The van der Waals surface area contributed by atoms with Gasteiger partial charge in [-0.15, -0.1) is 0 Å². The summed E-state index contributed by atoms with van der Waals surface area (Å²) in [5.74, 6) is -0.955. The van der Waals surface area contributed by atoms with E-state index in [4.69, 9.17) is 16.6 Å². The fourth-order valence-corrected chi connectivity index (χ4v) is 0.461. The van der Waals surface area contributed by atoms with Gasteiger partial charge in [-0.1, -0.05) is 0 Å². The molecule has 0 radical (unpaired) electrons. The Balaban J connectivity index is 0. The van der Waals surface area contributed by atoms with E-state index in [1.165, 1.54) is 0 Å². The Kier molecular flexibility index (Phi) is 11.1. The molecular formula is C5H13KN2O2. The zero-order chi connectivity index (χ0) is 7.28. The summed E-state index contributed by atoms with van der Waals surface area (Å²) in [5, 5.41) is 8.24. The summed E-state index contributed by atoms with van der Waals surface area (Å²) in [4.78, 5) is 10.0. The molecule has 0 aromatic carbocycles. The van der Waals surface area contributed by atoms with Gasteiger partial charge in [-0.2, -0.15) is 0 Å². The van der Waals surface area contributed by atoms with Crippen molar-refractivity contribution in [1.82, 2.24) is 0 Å². The Morgan fingerprint density at radius 3 is 2.40 bits per heavy atom. The minimum atomic E-state index is -0.955. The first kappa shape index (κ1) is 13.6. The van der Waals surface area contributed by atoms with Crippen LogP contribution in [0.5, 0.6) is 0 Å². The maximum atomic E-state index is 10.0. The van der Waals surface area contributed by atoms with Crippen molar-refractivity contribution >= 4 is 57.4 Å². The van der Waals surface area contributed by atoms with Crippen molar-refractivity contribution in [3.8, 4) is 0 Å². The van der Waals surface area contributed by atoms with E-state index >= 15 is 0 Å². The van der Waals surface area contributed by atoms with Gasteiger partial charge in [0, 0.05) is 0 Å². The summed E-state index contributed by atoms with van der Waals surface area (Å²) in [6.07, 6.45) is 1.14. The summed E-state index contributed by atoms with van der Waals surface area (Å²) in [6, 6.07) is -0.742. The molecule has 0 aliphatic carbocycles. The predicted octanol–water partition coefficient (Wildman–Crippen LogP) is -1.51. The van der Waals surface area contributed by atoms with Crippen LogP contribution in [0.2, 0.25) is 0 Å². The van der Waals surface area contributed by atoms with E-state index in [2.05, 4.69) is 0 Å². The molecule has 0 bridgehead atoms. The van der Waals surface area contributed by atoms with Crippen LogP contribution in [0, 0.1) is 0 Å². The molecule has 56 valence electrons. The van der Waals surface area contributed by atoms with Crippen molar-refractivity contribution in [2.45, 2.75) is 18.9 Å². The molecule has 4 nitrogen and oxygen atoms in total. The molecule has 5 heteroatoms. The van der Waals surface area contributed by atoms with Crippen LogP contribution in [-0.4, -0.2) is 75.0 Å². The summed E-state index contributed by atoms with van der Waals surface area (Å²) in [6.45, 7) is 0.501. The number of hydrogen-bond donors (Lipinski definition) is 3. The van der Waals surface area contributed by atoms with E-state index in [-0.39, 0.29) is 51.4 Å². The van der Waals surface area contributed by atoms with Gasteiger partial charge in [0.05, 0.1) is 0 Å². The quantitative estimate of drug-likeness (QED) is 0.450. The van der Waals surface area contributed by atoms with E-state index in [1.54, 1.807) is 0 Å². The Morgan fingerprint density at radius 1 is 1.60 bits per heavy atom. The zero-order valence-corrected chi connectivity index (χ0v) is 5.21. The van der Waals surface area contributed by atoms with Gasteiger partial charge in [0.15, 0.2) is 0 Å². The van der Waals surface area contributed by atoms with Crippen molar-refractivity contribution in [3.05, 3.63) is 0 Å². The second-order valence-corrected chi connectivity index (χ2v) is 1.88. The molecule has 0 fully saturated rings.